The Bertz CT molecular complexity index is 278. The molecule has 0 radical (unpaired) electrons. The maximum atomic E-state index is 7.34. The lowest BCUT2D eigenvalue weighted by Gasteiger charge is -2.14. The molecule has 1 heterocycles. The van der Waals surface area contributed by atoms with E-state index < -0.39 is 0 Å². The van der Waals surface area contributed by atoms with Crippen molar-refractivity contribution in [3.05, 3.63) is 23.7 Å². The molecule has 0 bridgehead atoms. The Morgan fingerprint density at radius 2 is 2.25 bits per heavy atom. The maximum Gasteiger partial charge on any atom is 0.123 e. The van der Waals surface area contributed by atoms with Crippen molar-refractivity contribution in [1.82, 2.24) is 4.90 Å². The fourth-order valence-corrected chi connectivity index (χ4v) is 0.922. The first-order valence-electron chi connectivity index (χ1n) is 3.91. The molecule has 0 aromatic carbocycles. The molecule has 0 spiro atoms. The molecule has 0 saturated carbocycles. The number of rotatable bonds is 2. The van der Waals surface area contributed by atoms with Crippen molar-refractivity contribution in [2.24, 2.45) is 0 Å². The second kappa shape index (κ2) is 3.43. The quantitative estimate of drug-likeness (QED) is 0.539. The van der Waals surface area contributed by atoms with Crippen LogP contribution in [0.5, 0.6) is 0 Å². The second-order valence-electron chi connectivity index (χ2n) is 2.95. The topological polar surface area (TPSA) is 40.2 Å². The Hall–Kier alpha value is -1.25. The van der Waals surface area contributed by atoms with Crippen molar-refractivity contribution in [3.8, 4) is 0 Å². The summed E-state index contributed by atoms with van der Waals surface area (Å²) in [6.07, 6.45) is 0. The summed E-state index contributed by atoms with van der Waals surface area (Å²) in [7, 11) is 1.88. The highest BCUT2D eigenvalue weighted by atomic mass is 16.3. The summed E-state index contributed by atoms with van der Waals surface area (Å²) >= 11 is 0. The Labute approximate surface area is 72.5 Å². The minimum absolute atomic E-state index is 0.545. The van der Waals surface area contributed by atoms with Gasteiger partial charge in [-0.1, -0.05) is 0 Å². The molecule has 12 heavy (non-hydrogen) atoms. The Balaban J connectivity index is 2.58. The molecule has 0 aliphatic rings. The molecular weight excluding hydrogens is 152 g/mol. The molecule has 0 fully saturated rings. The van der Waals surface area contributed by atoms with Gasteiger partial charge in [0.15, 0.2) is 0 Å². The zero-order valence-electron chi connectivity index (χ0n) is 7.72. The summed E-state index contributed by atoms with van der Waals surface area (Å²) in [5.74, 6) is 2.37. The van der Waals surface area contributed by atoms with Crippen LogP contribution in [0.3, 0.4) is 0 Å². The van der Waals surface area contributed by atoms with Gasteiger partial charge < -0.3 is 9.32 Å². The van der Waals surface area contributed by atoms with Crippen molar-refractivity contribution in [3.63, 3.8) is 0 Å². The van der Waals surface area contributed by atoms with Crippen molar-refractivity contribution in [2.45, 2.75) is 20.4 Å². The standard InChI is InChI=1S/C9H14N2O/c1-7-4-5-9(12-7)6-11(3)8(2)10/h4-5,10H,6H2,1-3H3. The van der Waals surface area contributed by atoms with Gasteiger partial charge in [0, 0.05) is 7.05 Å². The summed E-state index contributed by atoms with van der Waals surface area (Å²) < 4.78 is 5.37. The van der Waals surface area contributed by atoms with Crippen molar-refractivity contribution in [2.75, 3.05) is 7.05 Å². The lowest BCUT2D eigenvalue weighted by Crippen LogP contribution is -2.22. The van der Waals surface area contributed by atoms with Crippen LogP contribution in [-0.4, -0.2) is 17.8 Å². The third-order valence-corrected chi connectivity index (χ3v) is 1.76. The van der Waals surface area contributed by atoms with Crippen LogP contribution in [0.1, 0.15) is 18.4 Å². The van der Waals surface area contributed by atoms with Crippen molar-refractivity contribution < 1.29 is 4.42 Å². The molecular formula is C9H14N2O. The average molecular weight is 166 g/mol. The van der Waals surface area contributed by atoms with E-state index in [2.05, 4.69) is 0 Å². The molecule has 66 valence electrons. The van der Waals surface area contributed by atoms with E-state index in [-0.39, 0.29) is 0 Å². The van der Waals surface area contributed by atoms with Crippen LogP contribution in [0.4, 0.5) is 0 Å². The number of amidine groups is 1. The summed E-state index contributed by atoms with van der Waals surface area (Å²) in [6, 6.07) is 3.87. The van der Waals surface area contributed by atoms with E-state index >= 15 is 0 Å². The minimum Gasteiger partial charge on any atom is -0.464 e. The monoisotopic (exact) mass is 166 g/mol. The zero-order chi connectivity index (χ0) is 9.14. The summed E-state index contributed by atoms with van der Waals surface area (Å²) in [5.41, 5.74) is 0. The van der Waals surface area contributed by atoms with Crippen LogP contribution >= 0.6 is 0 Å². The highest BCUT2D eigenvalue weighted by Crippen LogP contribution is 2.08. The van der Waals surface area contributed by atoms with Crippen LogP contribution in [0.25, 0.3) is 0 Å². The van der Waals surface area contributed by atoms with Gasteiger partial charge in [-0.05, 0) is 26.0 Å². The second-order valence-corrected chi connectivity index (χ2v) is 2.95. The van der Waals surface area contributed by atoms with E-state index in [9.17, 15) is 0 Å². The summed E-state index contributed by atoms with van der Waals surface area (Å²) in [4.78, 5) is 1.83. The minimum atomic E-state index is 0.545. The van der Waals surface area contributed by atoms with E-state index in [0.29, 0.717) is 12.4 Å². The van der Waals surface area contributed by atoms with Gasteiger partial charge >= 0.3 is 0 Å². The first-order valence-corrected chi connectivity index (χ1v) is 3.91. The smallest absolute Gasteiger partial charge is 0.123 e. The molecule has 0 atom stereocenters. The van der Waals surface area contributed by atoms with E-state index in [0.717, 1.165) is 11.5 Å². The molecule has 3 nitrogen and oxygen atoms in total. The number of nitrogens with one attached hydrogen (secondary N) is 1. The lowest BCUT2D eigenvalue weighted by atomic mass is 10.4. The molecule has 1 aromatic rings. The number of hydrogen-bond donors (Lipinski definition) is 1. The number of furan rings is 1. The van der Waals surface area contributed by atoms with Gasteiger partial charge in [0.25, 0.3) is 0 Å². The SMILES string of the molecule is CC(=N)N(C)Cc1ccc(C)o1. The van der Waals surface area contributed by atoms with Crippen LogP contribution in [0.2, 0.25) is 0 Å². The summed E-state index contributed by atoms with van der Waals surface area (Å²) in [5, 5.41) is 7.34. The molecule has 0 aliphatic carbocycles. The van der Waals surface area contributed by atoms with Gasteiger partial charge in [0.1, 0.15) is 11.5 Å². The van der Waals surface area contributed by atoms with Crippen molar-refractivity contribution in [1.29, 1.82) is 5.41 Å². The highest BCUT2D eigenvalue weighted by molar-refractivity contribution is 5.75. The van der Waals surface area contributed by atoms with Gasteiger partial charge in [0.05, 0.1) is 12.4 Å². The largest absolute Gasteiger partial charge is 0.464 e. The first-order chi connectivity index (χ1) is 5.59. The Kier molecular flexibility index (Phi) is 2.53. The molecule has 1 aromatic heterocycles. The van der Waals surface area contributed by atoms with Gasteiger partial charge in [0.2, 0.25) is 0 Å². The fraction of sp³-hybridized carbons (Fsp3) is 0.444. The molecule has 0 saturated heterocycles. The molecule has 1 N–H and O–H groups in total. The molecule has 3 heteroatoms. The van der Waals surface area contributed by atoms with Gasteiger partial charge in [-0.3, -0.25) is 5.41 Å². The molecule has 0 unspecified atom stereocenters. The van der Waals surface area contributed by atoms with Crippen LogP contribution < -0.4 is 0 Å². The van der Waals surface area contributed by atoms with Crippen LogP contribution in [0.15, 0.2) is 16.5 Å². The van der Waals surface area contributed by atoms with E-state index in [1.807, 2.05) is 31.0 Å². The summed E-state index contributed by atoms with van der Waals surface area (Å²) in [6.45, 7) is 4.35. The number of nitrogens with zero attached hydrogens (tertiary/aromatic N) is 1. The van der Waals surface area contributed by atoms with Gasteiger partial charge in [-0.25, -0.2) is 0 Å². The predicted octanol–water partition coefficient (Wildman–Crippen LogP) is 2.02. The van der Waals surface area contributed by atoms with E-state index in [1.54, 1.807) is 6.92 Å². The van der Waals surface area contributed by atoms with Crippen LogP contribution in [-0.2, 0) is 6.54 Å². The Morgan fingerprint density at radius 1 is 1.58 bits per heavy atom. The normalized spacial score (nSPS) is 9.92. The fourth-order valence-electron chi connectivity index (χ4n) is 0.922. The van der Waals surface area contributed by atoms with E-state index in [4.69, 9.17) is 9.83 Å². The maximum absolute atomic E-state index is 7.34. The van der Waals surface area contributed by atoms with Gasteiger partial charge in [-0.2, -0.15) is 0 Å². The first kappa shape index (κ1) is 8.84. The molecule has 1 rings (SSSR count). The Morgan fingerprint density at radius 3 is 2.67 bits per heavy atom. The van der Waals surface area contributed by atoms with E-state index in [1.165, 1.54) is 0 Å². The third-order valence-electron chi connectivity index (χ3n) is 1.76. The van der Waals surface area contributed by atoms with Gasteiger partial charge in [-0.15, -0.1) is 0 Å². The van der Waals surface area contributed by atoms with Crippen molar-refractivity contribution >= 4 is 5.84 Å². The zero-order valence-corrected chi connectivity index (χ0v) is 7.72. The third kappa shape index (κ3) is 2.12. The molecule has 0 aliphatic heterocycles. The molecule has 0 amide bonds. The van der Waals surface area contributed by atoms with Crippen LogP contribution in [0, 0.1) is 12.3 Å². The number of hydrogen-bond acceptors (Lipinski definition) is 2. The number of aryl methyl sites for hydroxylation is 1. The predicted molar refractivity (Wildman–Crippen MR) is 48.3 cm³/mol. The average Bonchev–Trinajstić information content (AvgIpc) is 2.35. The lowest BCUT2D eigenvalue weighted by molar-refractivity contribution is 0.397. The highest BCUT2D eigenvalue weighted by Gasteiger charge is 2.03.